The zero-order valence-electron chi connectivity index (χ0n) is 40.1. The van der Waals surface area contributed by atoms with Gasteiger partial charge in [-0.25, -0.2) is 0 Å². The van der Waals surface area contributed by atoms with Gasteiger partial charge >= 0.3 is 0 Å². The molecule has 0 spiro atoms. The normalized spacial score (nSPS) is 13.4. The Morgan fingerprint density at radius 1 is 0.333 bits per heavy atom. The molecule has 346 valence electrons. The molecule has 72 heavy (non-hydrogen) atoms. The molecule has 6 nitrogen and oxygen atoms in total. The smallest absolute Gasteiger partial charge is 0.261 e. The van der Waals surface area contributed by atoms with E-state index < -0.39 is 0 Å². The summed E-state index contributed by atoms with van der Waals surface area (Å²) in [6.45, 7) is 4.69. The Hall–Kier alpha value is -9.26. The molecule has 2 amide bonds. The summed E-state index contributed by atoms with van der Waals surface area (Å²) in [5, 5.41) is 3.84. The number of hydrogen-bond donors (Lipinski definition) is 0. The van der Waals surface area contributed by atoms with Gasteiger partial charge in [0.1, 0.15) is 0 Å². The maximum Gasteiger partial charge on any atom is 0.261 e. The fourth-order valence-corrected chi connectivity index (χ4v) is 10.8. The van der Waals surface area contributed by atoms with Gasteiger partial charge in [-0.15, -0.1) is 0 Å². The van der Waals surface area contributed by atoms with E-state index in [0.717, 1.165) is 89.0 Å². The molecule has 0 bridgehead atoms. The van der Waals surface area contributed by atoms with Crippen molar-refractivity contribution in [3.05, 3.63) is 287 Å². The Kier molecular flexibility index (Phi) is 11.3. The molecule has 2 aliphatic rings. The lowest BCUT2D eigenvalue weighted by Gasteiger charge is -2.29. The van der Waals surface area contributed by atoms with Crippen LogP contribution in [-0.2, 0) is 22.7 Å². The molecule has 0 atom stereocenters. The van der Waals surface area contributed by atoms with E-state index in [9.17, 15) is 0 Å². The molecule has 0 saturated carbocycles. The van der Waals surface area contributed by atoms with Gasteiger partial charge in [0, 0.05) is 44.6 Å². The summed E-state index contributed by atoms with van der Waals surface area (Å²) in [4.78, 5) is 40.3. The van der Waals surface area contributed by atoms with Crippen LogP contribution in [0.3, 0.4) is 0 Å². The topological polar surface area (TPSA) is 47.1 Å². The van der Waals surface area contributed by atoms with Crippen molar-refractivity contribution in [2.24, 2.45) is 0 Å². The lowest BCUT2D eigenvalue weighted by molar-refractivity contribution is -0.124. The van der Waals surface area contributed by atoms with Gasteiger partial charge in [-0.05, 0) is 96.4 Å². The molecule has 12 rings (SSSR count). The van der Waals surface area contributed by atoms with Crippen LogP contribution in [0.5, 0.6) is 0 Å². The van der Waals surface area contributed by atoms with E-state index >= 15 is 9.59 Å². The minimum Gasteiger partial charge on any atom is -0.310 e. The fraction of sp³-hybridized carbons (Fsp3) is 0.0606. The van der Waals surface area contributed by atoms with Crippen molar-refractivity contribution in [3.63, 3.8) is 0 Å². The summed E-state index contributed by atoms with van der Waals surface area (Å²) in [5.74, 6) is -0.411. The lowest BCUT2D eigenvalue weighted by Crippen LogP contribution is -2.29. The number of amides is 2. The number of rotatable bonds is 12. The summed E-state index contributed by atoms with van der Waals surface area (Å²) in [7, 11) is 0. The largest absolute Gasteiger partial charge is 0.310 e. The fourth-order valence-electron chi connectivity index (χ4n) is 10.8. The predicted octanol–water partition coefficient (Wildman–Crippen LogP) is 15.8. The van der Waals surface area contributed by atoms with E-state index in [1.165, 1.54) is 0 Å². The van der Waals surface area contributed by atoms with Gasteiger partial charge in [-0.3, -0.25) is 9.59 Å². The second kappa shape index (κ2) is 18.6. The molecule has 0 radical (unpaired) electrons. The molecule has 0 saturated heterocycles. The first-order chi connectivity index (χ1) is 35.4. The summed E-state index contributed by atoms with van der Waals surface area (Å²) >= 11 is 0. The minimum atomic E-state index is -0.205. The molecule has 0 aliphatic carbocycles. The van der Waals surface area contributed by atoms with Gasteiger partial charge in [-0.2, -0.15) is 0 Å². The van der Waals surface area contributed by atoms with E-state index in [1.54, 1.807) is 0 Å². The molecule has 6 heteroatoms. The number of anilines is 6. The molecule has 10 aromatic carbocycles. The van der Waals surface area contributed by atoms with Crippen molar-refractivity contribution in [2.45, 2.75) is 26.9 Å². The molecule has 0 N–H and O–H groups in total. The first kappa shape index (κ1) is 44.0. The van der Waals surface area contributed by atoms with Crippen molar-refractivity contribution in [2.75, 3.05) is 9.80 Å². The van der Waals surface area contributed by atoms with Crippen molar-refractivity contribution >= 4 is 78.9 Å². The van der Waals surface area contributed by atoms with Crippen LogP contribution in [0.1, 0.15) is 33.4 Å². The van der Waals surface area contributed by atoms with Crippen molar-refractivity contribution < 1.29 is 9.59 Å². The van der Waals surface area contributed by atoms with Crippen molar-refractivity contribution in [3.8, 4) is 0 Å². The monoisotopic (exact) mass is 930 g/mol. The Labute approximate surface area is 420 Å². The number of hydrogen-bond acceptors (Lipinski definition) is 4. The number of fused-ring (bicyclic) bond motifs is 3. The Morgan fingerprint density at radius 2 is 0.653 bits per heavy atom. The maximum absolute atomic E-state index is 16.0. The van der Waals surface area contributed by atoms with Crippen molar-refractivity contribution in [1.82, 2.24) is 9.80 Å². The van der Waals surface area contributed by atoms with Crippen LogP contribution in [0.2, 0.25) is 0 Å². The number of para-hydroxylation sites is 4. The van der Waals surface area contributed by atoms with Gasteiger partial charge in [-0.1, -0.05) is 193 Å². The zero-order valence-corrected chi connectivity index (χ0v) is 40.1. The van der Waals surface area contributed by atoms with Gasteiger partial charge in [0.15, 0.2) is 0 Å². The molecule has 2 aliphatic heterocycles. The highest BCUT2D eigenvalue weighted by Gasteiger charge is 2.49. The van der Waals surface area contributed by atoms with Crippen LogP contribution in [0, 0.1) is 13.8 Å². The number of benzene rings is 10. The van der Waals surface area contributed by atoms with Gasteiger partial charge in [0.05, 0.1) is 47.0 Å². The lowest BCUT2D eigenvalue weighted by atomic mass is 9.95. The zero-order chi connectivity index (χ0) is 48.7. The number of nitrogens with zero attached hydrogens (tertiary/aromatic N) is 4. The number of carbonyl (C=O) groups is 2. The van der Waals surface area contributed by atoms with E-state index in [-0.39, 0.29) is 24.9 Å². The predicted molar refractivity (Wildman–Crippen MR) is 295 cm³/mol. The summed E-state index contributed by atoms with van der Waals surface area (Å²) in [6.07, 6.45) is 0. The summed E-state index contributed by atoms with van der Waals surface area (Å²) in [5.41, 5.74) is 13.8. The highest BCUT2D eigenvalue weighted by molar-refractivity contribution is 6.32. The molecule has 0 fully saturated rings. The molecule has 0 aromatic heterocycles. The van der Waals surface area contributed by atoms with E-state index in [2.05, 4.69) is 218 Å². The highest BCUT2D eigenvalue weighted by atomic mass is 16.2. The van der Waals surface area contributed by atoms with E-state index in [1.807, 2.05) is 58.3 Å². The Morgan fingerprint density at radius 3 is 0.986 bits per heavy atom. The molecular formula is C66H50N4O2. The van der Waals surface area contributed by atoms with Gasteiger partial charge < -0.3 is 19.6 Å². The average molecular weight is 931 g/mol. The Bertz CT molecular complexity index is 3440. The first-order valence-electron chi connectivity index (χ1n) is 24.5. The summed E-state index contributed by atoms with van der Waals surface area (Å²) in [6, 6.07) is 83.4. The molecule has 0 unspecified atom stereocenters. The first-order valence-corrected chi connectivity index (χ1v) is 24.5. The standard InChI is InChI=1S/C66H50N4O2/c1-45-21-19-23-47(41-45)43-67-63(57-37-39-59(55-35-17-15-33-53(55)57)69(49-25-7-3-8-26-49)50-27-9-4-10-28-50)61-62(65(67)71)64(68(66(61)72)44-48-24-20-22-46(2)42-48)58-38-40-60(56-36-18-16-34-54(56)58)70(51-29-11-5-12-30-51)52-31-13-6-14-32-52/h3-42H,43-44H2,1-2H3. The minimum absolute atomic E-state index is 0.205. The highest BCUT2D eigenvalue weighted by Crippen LogP contribution is 2.52. The molecule has 10 aromatic rings. The third-order valence-corrected chi connectivity index (χ3v) is 13.9. The van der Waals surface area contributed by atoms with E-state index in [4.69, 9.17) is 0 Å². The van der Waals surface area contributed by atoms with Crippen molar-refractivity contribution in [1.29, 1.82) is 0 Å². The second-order valence-electron chi connectivity index (χ2n) is 18.6. The SMILES string of the molecule is Cc1cccc(CN2C(=O)C3=C(c4ccc(N(c5ccccc5)c5ccccc5)c5ccccc45)N(Cc4cccc(C)c4)C(=O)C3=C2c2ccc(N(c3ccccc3)c3ccccc3)c3ccccc23)c1. The van der Waals surface area contributed by atoms with Gasteiger partial charge in [0.2, 0.25) is 0 Å². The number of aryl methyl sites for hydroxylation is 2. The third kappa shape index (κ3) is 7.80. The third-order valence-electron chi connectivity index (χ3n) is 13.9. The van der Waals surface area contributed by atoms with Crippen LogP contribution in [0.25, 0.3) is 32.9 Å². The summed E-state index contributed by atoms with van der Waals surface area (Å²) < 4.78 is 0. The van der Waals surface area contributed by atoms with Crippen LogP contribution >= 0.6 is 0 Å². The maximum atomic E-state index is 16.0. The van der Waals surface area contributed by atoms with Crippen LogP contribution in [0.15, 0.2) is 254 Å². The van der Waals surface area contributed by atoms with Crippen LogP contribution in [-0.4, -0.2) is 21.6 Å². The van der Waals surface area contributed by atoms with Crippen LogP contribution < -0.4 is 9.80 Å². The number of carbonyl (C=O) groups excluding carboxylic acids is 2. The quantitative estimate of drug-likeness (QED) is 0.122. The Balaban J connectivity index is 1.12. The van der Waals surface area contributed by atoms with Gasteiger partial charge in [0.25, 0.3) is 11.8 Å². The second-order valence-corrected chi connectivity index (χ2v) is 18.6. The average Bonchev–Trinajstić information content (AvgIpc) is 3.86. The van der Waals surface area contributed by atoms with Crippen LogP contribution in [0.4, 0.5) is 34.1 Å². The molecular weight excluding hydrogens is 881 g/mol. The molecule has 2 heterocycles. The van der Waals surface area contributed by atoms with E-state index in [0.29, 0.717) is 22.5 Å².